The Hall–Kier alpha value is -3.91. The summed E-state index contributed by atoms with van der Waals surface area (Å²) in [7, 11) is 0. The van der Waals surface area contributed by atoms with Gasteiger partial charge in [0.05, 0.1) is 10.6 Å². The Morgan fingerprint density at radius 3 is 2.69 bits per heavy atom. The van der Waals surface area contributed by atoms with Crippen molar-refractivity contribution in [3.63, 3.8) is 0 Å². The van der Waals surface area contributed by atoms with Crippen molar-refractivity contribution in [2.24, 2.45) is 0 Å². The number of benzene rings is 1. The topological polar surface area (TPSA) is 92.3 Å². The predicted molar refractivity (Wildman–Crippen MR) is 142 cm³/mol. The first-order valence-electron chi connectivity index (χ1n) is 11.7. The van der Waals surface area contributed by atoms with Crippen LogP contribution in [0.25, 0.3) is 33.4 Å². The summed E-state index contributed by atoms with van der Waals surface area (Å²) in [5, 5.41) is 1.13. The number of H-pyrrole nitrogens is 1. The van der Waals surface area contributed by atoms with Crippen LogP contribution < -0.4 is 5.73 Å². The molecule has 0 atom stereocenters. The van der Waals surface area contributed by atoms with E-state index in [9.17, 15) is 4.79 Å². The van der Waals surface area contributed by atoms with Crippen LogP contribution in [0.3, 0.4) is 0 Å². The minimum Gasteiger partial charge on any atom is -0.382 e. The van der Waals surface area contributed by atoms with E-state index in [0.29, 0.717) is 18.9 Å². The van der Waals surface area contributed by atoms with Gasteiger partial charge in [0.2, 0.25) is 0 Å². The number of nitrogen functional groups attached to an aromatic ring is 1. The molecule has 1 fully saturated rings. The fraction of sp³-hybridized carbons (Fsp3) is 0.222. The second kappa shape index (κ2) is 8.39. The number of allylic oxidation sites excluding steroid dienone is 1. The summed E-state index contributed by atoms with van der Waals surface area (Å²) < 4.78 is 2.07. The van der Waals surface area contributed by atoms with Crippen LogP contribution >= 0.6 is 11.3 Å². The lowest BCUT2D eigenvalue weighted by Crippen LogP contribution is -2.37. The molecule has 3 N–H and O–H groups in total. The smallest absolute Gasteiger partial charge is 0.263 e. The summed E-state index contributed by atoms with van der Waals surface area (Å²) in [6.07, 6.45) is 5.34. The lowest BCUT2D eigenvalue weighted by atomic mass is 9.96. The molecule has 6 rings (SSSR count). The first kappa shape index (κ1) is 21.6. The predicted octanol–water partition coefficient (Wildman–Crippen LogP) is 5.57. The van der Waals surface area contributed by atoms with Gasteiger partial charge in [-0.25, -0.2) is 9.97 Å². The molecular weight excluding hydrogens is 456 g/mol. The van der Waals surface area contributed by atoms with E-state index < -0.39 is 0 Å². The Labute approximate surface area is 206 Å². The van der Waals surface area contributed by atoms with Gasteiger partial charge in [-0.2, -0.15) is 0 Å². The van der Waals surface area contributed by atoms with E-state index in [-0.39, 0.29) is 11.8 Å². The standard InChI is InChI=1S/C27H26N6OS/c1-16(2)21-7-8-22(35-21)27(34)32-12-9-17(10-13-32)26-31-23(24-25(28)29-11-14-33(24)26)20-15-18-5-3-4-6-19(18)30-20/h3-8,11,14-15,17,30H,1,9-10,12-13H2,2H3,(H2,28,29). The SMILES string of the molecule is C=C(C)c1ccc(C(=O)N2CCC(c3nc(-c4cc5ccccc5[nH]4)c4c(N)nccn34)CC2)s1. The van der Waals surface area contributed by atoms with Crippen molar-refractivity contribution in [1.82, 2.24) is 24.3 Å². The average molecular weight is 483 g/mol. The number of hydrogen-bond acceptors (Lipinski definition) is 5. The van der Waals surface area contributed by atoms with Crippen molar-refractivity contribution in [1.29, 1.82) is 0 Å². The Kier molecular flexibility index (Phi) is 5.18. The summed E-state index contributed by atoms with van der Waals surface area (Å²) in [5.74, 6) is 1.75. The molecule has 1 saturated heterocycles. The zero-order valence-electron chi connectivity index (χ0n) is 19.5. The summed E-state index contributed by atoms with van der Waals surface area (Å²) in [6, 6.07) is 14.2. The molecule has 5 aromatic rings. The zero-order valence-corrected chi connectivity index (χ0v) is 20.3. The maximum atomic E-state index is 13.1. The van der Waals surface area contributed by atoms with Gasteiger partial charge in [0.1, 0.15) is 22.9 Å². The summed E-state index contributed by atoms with van der Waals surface area (Å²) in [5.41, 5.74) is 10.9. The van der Waals surface area contributed by atoms with Gasteiger partial charge in [-0.3, -0.25) is 9.20 Å². The maximum Gasteiger partial charge on any atom is 0.263 e. The van der Waals surface area contributed by atoms with E-state index in [4.69, 9.17) is 10.7 Å². The molecular formula is C27H26N6OS. The van der Waals surface area contributed by atoms with Crippen LogP contribution in [0.1, 0.15) is 46.1 Å². The number of anilines is 1. The molecule has 0 unspecified atom stereocenters. The summed E-state index contributed by atoms with van der Waals surface area (Å²) >= 11 is 1.51. The molecule has 1 aliphatic heterocycles. The highest BCUT2D eigenvalue weighted by atomic mass is 32.1. The number of rotatable bonds is 4. The molecule has 176 valence electrons. The molecule has 0 spiro atoms. The number of nitrogens with zero attached hydrogens (tertiary/aromatic N) is 4. The van der Waals surface area contributed by atoms with Gasteiger partial charge < -0.3 is 15.6 Å². The van der Waals surface area contributed by atoms with E-state index in [0.717, 1.165) is 61.8 Å². The molecule has 0 saturated carbocycles. The first-order chi connectivity index (χ1) is 17.0. The van der Waals surface area contributed by atoms with Gasteiger partial charge in [0.25, 0.3) is 5.91 Å². The molecule has 0 radical (unpaired) electrons. The number of aromatic nitrogens is 4. The van der Waals surface area contributed by atoms with Crippen LogP contribution in [0.4, 0.5) is 5.82 Å². The van der Waals surface area contributed by atoms with E-state index >= 15 is 0 Å². The van der Waals surface area contributed by atoms with Crippen LogP contribution in [-0.2, 0) is 0 Å². The van der Waals surface area contributed by atoms with Crippen molar-refractivity contribution >= 4 is 45.1 Å². The Morgan fingerprint density at radius 1 is 1.17 bits per heavy atom. The molecule has 1 aliphatic rings. The number of amides is 1. The van der Waals surface area contributed by atoms with Crippen LogP contribution in [0.2, 0.25) is 0 Å². The lowest BCUT2D eigenvalue weighted by molar-refractivity contribution is 0.0716. The fourth-order valence-corrected chi connectivity index (χ4v) is 5.84. The third-order valence-electron chi connectivity index (χ3n) is 6.78. The van der Waals surface area contributed by atoms with Crippen molar-refractivity contribution in [2.45, 2.75) is 25.7 Å². The second-order valence-corrected chi connectivity index (χ2v) is 10.2. The third-order valence-corrected chi connectivity index (χ3v) is 8.02. The van der Waals surface area contributed by atoms with Crippen LogP contribution in [0, 0.1) is 0 Å². The van der Waals surface area contributed by atoms with Crippen molar-refractivity contribution in [3.8, 4) is 11.4 Å². The van der Waals surface area contributed by atoms with E-state index in [1.807, 2.05) is 42.3 Å². The highest BCUT2D eigenvalue weighted by Gasteiger charge is 2.29. The minimum absolute atomic E-state index is 0.0983. The van der Waals surface area contributed by atoms with Crippen molar-refractivity contribution in [3.05, 3.63) is 77.0 Å². The molecule has 8 heteroatoms. The fourth-order valence-electron chi connectivity index (χ4n) is 4.94. The number of imidazole rings is 1. The number of thiophene rings is 1. The van der Waals surface area contributed by atoms with Gasteiger partial charge in [0.15, 0.2) is 0 Å². The number of carbonyl (C=O) groups is 1. The first-order valence-corrected chi connectivity index (χ1v) is 12.6. The minimum atomic E-state index is 0.0983. The van der Waals surface area contributed by atoms with Crippen molar-refractivity contribution in [2.75, 3.05) is 18.8 Å². The highest BCUT2D eigenvalue weighted by Crippen LogP contribution is 2.35. The van der Waals surface area contributed by atoms with E-state index in [1.165, 1.54) is 11.3 Å². The number of piperidine rings is 1. The molecule has 1 aromatic carbocycles. The number of carbonyl (C=O) groups excluding carboxylic acids is 1. The Balaban J connectivity index is 1.29. The van der Waals surface area contributed by atoms with Gasteiger partial charge in [0, 0.05) is 47.2 Å². The number of nitrogens with two attached hydrogens (primary N) is 1. The number of likely N-dealkylation sites (tertiary alicyclic amines) is 1. The lowest BCUT2D eigenvalue weighted by Gasteiger charge is -2.31. The van der Waals surface area contributed by atoms with Crippen LogP contribution in [0.15, 0.2) is 61.4 Å². The molecule has 35 heavy (non-hydrogen) atoms. The quantitative estimate of drug-likeness (QED) is 0.350. The largest absolute Gasteiger partial charge is 0.382 e. The summed E-state index contributed by atoms with van der Waals surface area (Å²) in [4.78, 5) is 29.8. The number of nitrogens with one attached hydrogen (secondary N) is 1. The van der Waals surface area contributed by atoms with E-state index in [1.54, 1.807) is 6.20 Å². The molecule has 1 amide bonds. The van der Waals surface area contributed by atoms with Gasteiger partial charge >= 0.3 is 0 Å². The number of aromatic amines is 1. The van der Waals surface area contributed by atoms with Crippen LogP contribution in [0.5, 0.6) is 0 Å². The number of fused-ring (bicyclic) bond motifs is 2. The van der Waals surface area contributed by atoms with Crippen LogP contribution in [-0.4, -0.2) is 43.2 Å². The molecule has 4 aromatic heterocycles. The average Bonchev–Trinajstić information content (AvgIpc) is 3.60. The molecule has 7 nitrogen and oxygen atoms in total. The van der Waals surface area contributed by atoms with Gasteiger partial charge in [-0.15, -0.1) is 11.3 Å². The molecule has 0 aliphatic carbocycles. The summed E-state index contributed by atoms with van der Waals surface area (Å²) in [6.45, 7) is 7.34. The van der Waals surface area contributed by atoms with E-state index in [2.05, 4.69) is 39.1 Å². The van der Waals surface area contributed by atoms with Crippen molar-refractivity contribution < 1.29 is 4.79 Å². The van der Waals surface area contributed by atoms with Gasteiger partial charge in [-0.05, 0) is 49.6 Å². The van der Waals surface area contributed by atoms with Gasteiger partial charge in [-0.1, -0.05) is 24.8 Å². The zero-order chi connectivity index (χ0) is 24.1. The number of hydrogen-bond donors (Lipinski definition) is 2. The second-order valence-electron chi connectivity index (χ2n) is 9.13. The normalized spacial score (nSPS) is 14.7. The Morgan fingerprint density at radius 2 is 1.94 bits per heavy atom. The highest BCUT2D eigenvalue weighted by molar-refractivity contribution is 7.15. The molecule has 0 bridgehead atoms. The molecule has 5 heterocycles. The monoisotopic (exact) mass is 482 g/mol. The Bertz CT molecular complexity index is 1550. The maximum absolute atomic E-state index is 13.1. The third kappa shape index (κ3) is 3.70. The number of para-hydroxylation sites is 1.